The van der Waals surface area contributed by atoms with Crippen molar-refractivity contribution in [3.8, 4) is 0 Å². The molecule has 4 atom stereocenters. The van der Waals surface area contributed by atoms with E-state index in [1.807, 2.05) is 0 Å². The Balaban J connectivity index is 1.76. The minimum Gasteiger partial charge on any atom is -0.442 e. The minimum absolute atomic E-state index is 0.106. The fourth-order valence-electron chi connectivity index (χ4n) is 3.40. The molecule has 10 nitrogen and oxygen atoms in total. The van der Waals surface area contributed by atoms with Gasteiger partial charge in [0.05, 0.1) is 25.5 Å². The Morgan fingerprint density at radius 1 is 1.32 bits per heavy atom. The summed E-state index contributed by atoms with van der Waals surface area (Å²) in [5, 5.41) is 10.3. The van der Waals surface area contributed by atoms with Gasteiger partial charge in [-0.1, -0.05) is 37.6 Å². The highest BCUT2D eigenvalue weighted by Crippen LogP contribution is 2.30. The maximum atomic E-state index is 14.4. The van der Waals surface area contributed by atoms with E-state index >= 15 is 0 Å². The zero-order chi connectivity index (χ0) is 25.0. The third-order valence-electron chi connectivity index (χ3n) is 5.53. The predicted molar refractivity (Wildman–Crippen MR) is 119 cm³/mol. The fraction of sp³-hybridized carbons (Fsp3) is 0.500. The molecule has 1 aromatic heterocycles. The molecule has 0 radical (unpaired) electrons. The standard InChI is InChI=1S/C22H27ClFN3O7/c1-12(2)19(25)21(30)33-11-27-20(29)15(24)8-26(22(27)31)18-7-16(17(9-28)34-18)32-10-13-3-5-14(23)6-4-13/h3-6,8,12,16-19,28H,7,9-11,25H2,1-2H3/t16-,17+,18+,19-/m0/s1. The molecular formula is C22H27ClFN3O7. The largest absolute Gasteiger partial charge is 0.442 e. The maximum absolute atomic E-state index is 14.4. The van der Waals surface area contributed by atoms with E-state index in [4.69, 9.17) is 31.5 Å². The first kappa shape index (κ1) is 26.0. The van der Waals surface area contributed by atoms with Crippen molar-refractivity contribution >= 4 is 17.6 Å². The number of hydrogen-bond donors (Lipinski definition) is 2. The van der Waals surface area contributed by atoms with Gasteiger partial charge in [0.15, 0.2) is 6.73 Å². The van der Waals surface area contributed by atoms with Crippen molar-refractivity contribution < 1.29 is 28.5 Å². The Labute approximate surface area is 199 Å². The monoisotopic (exact) mass is 499 g/mol. The van der Waals surface area contributed by atoms with Crippen molar-refractivity contribution in [3.05, 3.63) is 67.7 Å². The number of aliphatic hydroxyl groups excluding tert-OH is 1. The number of benzene rings is 1. The number of nitrogens with two attached hydrogens (primary N) is 1. The number of rotatable bonds is 9. The van der Waals surface area contributed by atoms with Gasteiger partial charge in [-0.25, -0.2) is 9.36 Å². The number of halogens is 2. The van der Waals surface area contributed by atoms with Gasteiger partial charge in [-0.3, -0.25) is 14.2 Å². The van der Waals surface area contributed by atoms with Crippen molar-refractivity contribution in [1.29, 1.82) is 0 Å². The Bertz CT molecular complexity index is 1120. The second kappa shape index (κ2) is 11.2. The molecule has 2 aromatic rings. The summed E-state index contributed by atoms with van der Waals surface area (Å²) < 4.78 is 32.2. The Morgan fingerprint density at radius 3 is 2.62 bits per heavy atom. The number of hydrogen-bond acceptors (Lipinski definition) is 8. The first-order valence-corrected chi connectivity index (χ1v) is 11.1. The second-order valence-electron chi connectivity index (χ2n) is 8.29. The first-order valence-electron chi connectivity index (χ1n) is 10.7. The topological polar surface area (TPSA) is 135 Å². The molecule has 12 heteroatoms. The molecule has 1 aliphatic rings. The van der Waals surface area contributed by atoms with Gasteiger partial charge in [-0.2, -0.15) is 4.39 Å². The molecule has 1 saturated heterocycles. The quantitative estimate of drug-likeness (QED) is 0.490. The molecule has 186 valence electrons. The Morgan fingerprint density at radius 2 is 2.00 bits per heavy atom. The summed E-state index contributed by atoms with van der Waals surface area (Å²) in [7, 11) is 0. The second-order valence-corrected chi connectivity index (χ2v) is 8.72. The molecule has 1 aliphatic heterocycles. The van der Waals surface area contributed by atoms with Gasteiger partial charge in [-0.05, 0) is 23.6 Å². The lowest BCUT2D eigenvalue weighted by molar-refractivity contribution is -0.150. The lowest BCUT2D eigenvalue weighted by atomic mass is 10.1. The molecule has 0 saturated carbocycles. The summed E-state index contributed by atoms with van der Waals surface area (Å²) in [4.78, 5) is 37.1. The number of carbonyl (C=O) groups excluding carboxylic acids is 1. The van der Waals surface area contributed by atoms with Crippen LogP contribution in [0.5, 0.6) is 0 Å². The fourth-order valence-corrected chi connectivity index (χ4v) is 3.52. The van der Waals surface area contributed by atoms with Crippen LogP contribution in [0.2, 0.25) is 5.02 Å². The van der Waals surface area contributed by atoms with Crippen molar-refractivity contribution in [3.63, 3.8) is 0 Å². The summed E-state index contributed by atoms with van der Waals surface area (Å²) in [6, 6.07) is 6.03. The van der Waals surface area contributed by atoms with Gasteiger partial charge in [0.1, 0.15) is 18.4 Å². The Kier molecular flexibility index (Phi) is 8.61. The number of aromatic nitrogens is 2. The summed E-state index contributed by atoms with van der Waals surface area (Å²) >= 11 is 5.88. The van der Waals surface area contributed by atoms with Crippen LogP contribution >= 0.6 is 11.6 Å². The molecule has 3 rings (SSSR count). The molecule has 0 aliphatic carbocycles. The van der Waals surface area contributed by atoms with Crippen LogP contribution in [0.25, 0.3) is 0 Å². The van der Waals surface area contributed by atoms with Crippen LogP contribution in [0, 0.1) is 11.7 Å². The van der Waals surface area contributed by atoms with Crippen LogP contribution in [-0.2, 0) is 32.3 Å². The zero-order valence-corrected chi connectivity index (χ0v) is 19.5. The number of carbonyl (C=O) groups is 1. The average Bonchev–Trinajstić information content (AvgIpc) is 3.23. The third-order valence-corrected chi connectivity index (χ3v) is 5.78. The highest BCUT2D eigenvalue weighted by molar-refractivity contribution is 6.30. The number of ether oxygens (including phenoxy) is 3. The van der Waals surface area contributed by atoms with Crippen LogP contribution < -0.4 is 17.0 Å². The normalized spacial score (nSPS) is 21.1. The SMILES string of the molecule is CC(C)[C@H](N)C(=O)OCn1c(=O)c(F)cn([C@H]2C[C@H](OCc3ccc(Cl)cc3)[C@@H](CO)O2)c1=O. The molecular weight excluding hydrogens is 473 g/mol. The highest BCUT2D eigenvalue weighted by Gasteiger charge is 2.37. The van der Waals surface area contributed by atoms with Crippen LogP contribution in [0.1, 0.15) is 32.1 Å². The number of nitrogens with zero attached hydrogens (tertiary/aromatic N) is 2. The number of aliphatic hydroxyl groups is 1. The molecule has 3 N–H and O–H groups in total. The van der Waals surface area contributed by atoms with E-state index in [9.17, 15) is 23.9 Å². The van der Waals surface area contributed by atoms with Gasteiger partial charge in [-0.15, -0.1) is 0 Å². The molecule has 2 heterocycles. The summed E-state index contributed by atoms with van der Waals surface area (Å²) in [6.45, 7) is 2.40. The minimum atomic E-state index is -1.25. The smallest absolute Gasteiger partial charge is 0.336 e. The van der Waals surface area contributed by atoms with Gasteiger partial charge in [0, 0.05) is 11.4 Å². The molecule has 34 heavy (non-hydrogen) atoms. The van der Waals surface area contributed by atoms with E-state index in [0.29, 0.717) is 9.59 Å². The van der Waals surface area contributed by atoms with E-state index < -0.39 is 60.9 Å². The molecule has 1 fully saturated rings. The summed E-state index contributed by atoms with van der Waals surface area (Å²) in [6.07, 6.45) is -1.58. The molecule has 0 bridgehead atoms. The summed E-state index contributed by atoms with van der Waals surface area (Å²) in [5.41, 5.74) is 4.34. The van der Waals surface area contributed by atoms with E-state index in [1.165, 1.54) is 0 Å². The van der Waals surface area contributed by atoms with Crippen LogP contribution in [0.4, 0.5) is 4.39 Å². The first-order chi connectivity index (χ1) is 16.1. The molecule has 1 aromatic carbocycles. The predicted octanol–water partition coefficient (Wildman–Crippen LogP) is 1.15. The van der Waals surface area contributed by atoms with E-state index in [2.05, 4.69) is 0 Å². The lowest BCUT2D eigenvalue weighted by Crippen LogP contribution is -2.44. The van der Waals surface area contributed by atoms with Crippen LogP contribution in [0.15, 0.2) is 40.1 Å². The molecule has 0 spiro atoms. The maximum Gasteiger partial charge on any atom is 0.336 e. The van der Waals surface area contributed by atoms with E-state index in [1.54, 1.807) is 38.1 Å². The van der Waals surface area contributed by atoms with Gasteiger partial charge in [0.2, 0.25) is 5.82 Å². The van der Waals surface area contributed by atoms with Crippen LogP contribution in [-0.4, -0.2) is 45.1 Å². The van der Waals surface area contributed by atoms with Gasteiger partial charge >= 0.3 is 11.7 Å². The Hall–Kier alpha value is -2.57. The van der Waals surface area contributed by atoms with Crippen molar-refractivity contribution in [1.82, 2.24) is 9.13 Å². The molecule has 0 unspecified atom stereocenters. The average molecular weight is 500 g/mol. The van der Waals surface area contributed by atoms with Crippen molar-refractivity contribution in [2.24, 2.45) is 11.7 Å². The van der Waals surface area contributed by atoms with Gasteiger partial charge in [0.25, 0.3) is 5.56 Å². The van der Waals surface area contributed by atoms with E-state index in [0.717, 1.165) is 16.3 Å². The van der Waals surface area contributed by atoms with Crippen molar-refractivity contribution in [2.75, 3.05) is 6.61 Å². The van der Waals surface area contributed by atoms with Gasteiger partial charge < -0.3 is 25.1 Å². The summed E-state index contributed by atoms with van der Waals surface area (Å²) in [5.74, 6) is -2.30. The highest BCUT2D eigenvalue weighted by atomic mass is 35.5. The van der Waals surface area contributed by atoms with E-state index in [-0.39, 0.29) is 18.9 Å². The van der Waals surface area contributed by atoms with Crippen molar-refractivity contribution in [2.45, 2.75) is 58.1 Å². The zero-order valence-electron chi connectivity index (χ0n) is 18.7. The third kappa shape index (κ3) is 5.91. The lowest BCUT2D eigenvalue weighted by Gasteiger charge is -2.18. The van der Waals surface area contributed by atoms with Crippen LogP contribution in [0.3, 0.4) is 0 Å². The molecule has 0 amide bonds. The number of esters is 1.